The molecule has 1 heterocycles. The molecule has 0 atom stereocenters. The van der Waals surface area contributed by atoms with Crippen molar-refractivity contribution in [2.45, 2.75) is 19.4 Å². The average molecular weight is 395 g/mol. The van der Waals surface area contributed by atoms with Crippen LogP contribution >= 0.6 is 15.9 Å². The van der Waals surface area contributed by atoms with Gasteiger partial charge >= 0.3 is 0 Å². The first-order chi connectivity index (χ1) is 11.6. The average Bonchev–Trinajstić information content (AvgIpc) is 3.10. The Bertz CT molecular complexity index is 686. The predicted molar refractivity (Wildman–Crippen MR) is 92.6 cm³/mol. The van der Waals surface area contributed by atoms with Crippen molar-refractivity contribution in [1.82, 2.24) is 10.6 Å². The van der Waals surface area contributed by atoms with Gasteiger partial charge in [0.05, 0.1) is 30.9 Å². The third-order valence-electron chi connectivity index (χ3n) is 3.34. The Morgan fingerprint density at radius 1 is 1.21 bits per heavy atom. The maximum Gasteiger partial charge on any atom is 0.239 e. The van der Waals surface area contributed by atoms with Crippen LogP contribution in [0.4, 0.5) is 0 Å². The number of aryl methyl sites for hydroxylation is 1. The minimum absolute atomic E-state index is 0.0498. The van der Waals surface area contributed by atoms with Crippen LogP contribution in [0.1, 0.15) is 17.7 Å². The molecule has 24 heavy (non-hydrogen) atoms. The molecule has 0 aliphatic rings. The molecule has 1 aromatic carbocycles. The van der Waals surface area contributed by atoms with Gasteiger partial charge in [0.1, 0.15) is 11.5 Å². The summed E-state index contributed by atoms with van der Waals surface area (Å²) >= 11 is 3.41. The van der Waals surface area contributed by atoms with E-state index in [-0.39, 0.29) is 18.4 Å². The fraction of sp³-hybridized carbons (Fsp3) is 0.294. The van der Waals surface area contributed by atoms with Crippen LogP contribution in [-0.2, 0) is 22.6 Å². The topological polar surface area (TPSA) is 80.6 Å². The maximum absolute atomic E-state index is 11.8. The number of nitrogens with one attached hydrogen (secondary N) is 2. The number of carbonyl (C=O) groups excluding carboxylic acids is 2. The summed E-state index contributed by atoms with van der Waals surface area (Å²) in [5, 5.41) is 5.27. The van der Waals surface area contributed by atoms with Crippen molar-refractivity contribution in [3.8, 4) is 5.75 Å². The molecule has 0 aliphatic heterocycles. The quantitative estimate of drug-likeness (QED) is 0.720. The number of benzene rings is 1. The van der Waals surface area contributed by atoms with Crippen LogP contribution < -0.4 is 15.4 Å². The van der Waals surface area contributed by atoms with E-state index < -0.39 is 0 Å². The monoisotopic (exact) mass is 394 g/mol. The van der Waals surface area contributed by atoms with Gasteiger partial charge in [-0.2, -0.15) is 0 Å². The number of furan rings is 1. The molecule has 0 bridgehead atoms. The van der Waals surface area contributed by atoms with Crippen molar-refractivity contribution < 1.29 is 18.7 Å². The minimum atomic E-state index is -0.257. The molecule has 7 heteroatoms. The van der Waals surface area contributed by atoms with Gasteiger partial charge in [-0.1, -0.05) is 6.07 Å². The maximum atomic E-state index is 11.8. The molecule has 128 valence electrons. The molecular weight excluding hydrogens is 376 g/mol. The summed E-state index contributed by atoms with van der Waals surface area (Å²) in [6, 6.07) is 9.20. The number of rotatable bonds is 8. The highest BCUT2D eigenvalue weighted by atomic mass is 79.9. The van der Waals surface area contributed by atoms with Gasteiger partial charge in [0.15, 0.2) is 0 Å². The third-order valence-corrected chi connectivity index (χ3v) is 3.96. The Morgan fingerprint density at radius 2 is 2.04 bits per heavy atom. The summed E-state index contributed by atoms with van der Waals surface area (Å²) in [6.07, 6.45) is 2.44. The fourth-order valence-corrected chi connectivity index (χ4v) is 2.64. The standard InChI is InChI=1S/C17H19BrN2O4/c1-23-15-6-4-12(9-14(15)18)5-7-16(21)20-11-17(22)19-10-13-3-2-8-24-13/h2-4,6,8-9H,5,7,10-11H2,1H3,(H,19,22)(H,20,21). The highest BCUT2D eigenvalue weighted by molar-refractivity contribution is 9.10. The molecule has 0 aliphatic carbocycles. The van der Waals surface area contributed by atoms with Crippen molar-refractivity contribution in [3.63, 3.8) is 0 Å². The number of hydrogen-bond donors (Lipinski definition) is 2. The van der Waals surface area contributed by atoms with Gasteiger partial charge in [0, 0.05) is 6.42 Å². The van der Waals surface area contributed by atoms with Gasteiger partial charge in [0.2, 0.25) is 11.8 Å². The number of halogens is 1. The lowest BCUT2D eigenvalue weighted by molar-refractivity contribution is -0.126. The normalized spacial score (nSPS) is 10.2. The molecule has 6 nitrogen and oxygen atoms in total. The van der Waals surface area contributed by atoms with E-state index in [1.165, 1.54) is 0 Å². The van der Waals surface area contributed by atoms with E-state index in [0.29, 0.717) is 25.1 Å². The first kappa shape index (κ1) is 18.1. The van der Waals surface area contributed by atoms with E-state index in [1.807, 2.05) is 18.2 Å². The van der Waals surface area contributed by atoms with Gasteiger partial charge < -0.3 is 19.8 Å². The predicted octanol–water partition coefficient (Wildman–Crippen LogP) is 2.42. The Morgan fingerprint density at radius 3 is 2.71 bits per heavy atom. The Hall–Kier alpha value is -2.28. The lowest BCUT2D eigenvalue weighted by atomic mass is 10.1. The summed E-state index contributed by atoms with van der Waals surface area (Å²) in [5.41, 5.74) is 1.01. The van der Waals surface area contributed by atoms with Crippen LogP contribution in [-0.4, -0.2) is 25.5 Å². The van der Waals surface area contributed by atoms with Crippen LogP contribution in [0.25, 0.3) is 0 Å². The van der Waals surface area contributed by atoms with Gasteiger partial charge in [-0.3, -0.25) is 9.59 Å². The van der Waals surface area contributed by atoms with E-state index in [0.717, 1.165) is 15.8 Å². The van der Waals surface area contributed by atoms with Gasteiger partial charge in [0.25, 0.3) is 0 Å². The highest BCUT2D eigenvalue weighted by Gasteiger charge is 2.08. The summed E-state index contributed by atoms with van der Waals surface area (Å²) in [6.45, 7) is 0.257. The van der Waals surface area contributed by atoms with Crippen molar-refractivity contribution >= 4 is 27.7 Å². The number of amides is 2. The van der Waals surface area contributed by atoms with E-state index >= 15 is 0 Å². The summed E-state index contributed by atoms with van der Waals surface area (Å²) < 4.78 is 11.1. The van der Waals surface area contributed by atoms with Crippen molar-refractivity contribution in [2.75, 3.05) is 13.7 Å². The lowest BCUT2D eigenvalue weighted by Gasteiger charge is -2.08. The molecule has 0 unspecified atom stereocenters. The third kappa shape index (κ3) is 5.73. The molecule has 0 spiro atoms. The zero-order valence-electron chi connectivity index (χ0n) is 13.3. The second-order valence-corrected chi connectivity index (χ2v) is 5.96. The van der Waals surface area contributed by atoms with Gasteiger partial charge in [-0.05, 0) is 52.2 Å². The molecular formula is C17H19BrN2O4. The zero-order chi connectivity index (χ0) is 17.4. The van der Waals surface area contributed by atoms with E-state index in [1.54, 1.807) is 25.5 Å². The largest absolute Gasteiger partial charge is 0.496 e. The number of methoxy groups -OCH3 is 1. The minimum Gasteiger partial charge on any atom is -0.496 e. The first-order valence-electron chi connectivity index (χ1n) is 7.46. The molecule has 0 fully saturated rings. The van der Waals surface area contributed by atoms with Crippen molar-refractivity contribution in [3.05, 3.63) is 52.4 Å². The van der Waals surface area contributed by atoms with Crippen LogP contribution in [0, 0.1) is 0 Å². The smallest absolute Gasteiger partial charge is 0.239 e. The SMILES string of the molecule is COc1ccc(CCC(=O)NCC(=O)NCc2ccco2)cc1Br. The molecule has 2 aromatic rings. The van der Waals surface area contributed by atoms with E-state index in [4.69, 9.17) is 9.15 Å². The van der Waals surface area contributed by atoms with Crippen molar-refractivity contribution in [1.29, 1.82) is 0 Å². The second-order valence-electron chi connectivity index (χ2n) is 5.10. The van der Waals surface area contributed by atoms with Crippen LogP contribution in [0.2, 0.25) is 0 Å². The van der Waals surface area contributed by atoms with Crippen LogP contribution in [0.5, 0.6) is 5.75 Å². The molecule has 1 aromatic heterocycles. The van der Waals surface area contributed by atoms with E-state index in [9.17, 15) is 9.59 Å². The van der Waals surface area contributed by atoms with Crippen LogP contribution in [0.3, 0.4) is 0 Å². The van der Waals surface area contributed by atoms with Crippen molar-refractivity contribution in [2.24, 2.45) is 0 Å². The second kappa shape index (κ2) is 9.12. The molecule has 0 saturated carbocycles. The molecule has 0 saturated heterocycles. The Kier molecular flexibility index (Phi) is 6.87. The van der Waals surface area contributed by atoms with E-state index in [2.05, 4.69) is 26.6 Å². The zero-order valence-corrected chi connectivity index (χ0v) is 14.9. The van der Waals surface area contributed by atoms with Gasteiger partial charge in [-0.15, -0.1) is 0 Å². The number of hydrogen-bond acceptors (Lipinski definition) is 4. The highest BCUT2D eigenvalue weighted by Crippen LogP contribution is 2.25. The molecule has 2 N–H and O–H groups in total. The van der Waals surface area contributed by atoms with Crippen LogP contribution in [0.15, 0.2) is 45.5 Å². The molecule has 0 radical (unpaired) electrons. The number of carbonyl (C=O) groups is 2. The molecule has 2 amide bonds. The summed E-state index contributed by atoms with van der Waals surface area (Å²) in [7, 11) is 1.60. The fourth-order valence-electron chi connectivity index (χ4n) is 2.05. The Balaban J connectivity index is 1.67. The first-order valence-corrected chi connectivity index (χ1v) is 8.26. The number of ether oxygens (including phenoxy) is 1. The van der Waals surface area contributed by atoms with Gasteiger partial charge in [-0.25, -0.2) is 0 Å². The summed E-state index contributed by atoms with van der Waals surface area (Å²) in [5.74, 6) is 0.984. The Labute approximate surface area is 148 Å². The molecule has 2 rings (SSSR count). The lowest BCUT2D eigenvalue weighted by Crippen LogP contribution is -2.36. The summed E-state index contributed by atoms with van der Waals surface area (Å²) in [4.78, 5) is 23.5.